The summed E-state index contributed by atoms with van der Waals surface area (Å²) in [4.78, 5) is 0. The Hall–Kier alpha value is -0.720. The second-order valence-corrected chi connectivity index (χ2v) is 6.75. The third kappa shape index (κ3) is 2.34. The van der Waals surface area contributed by atoms with Crippen LogP contribution in [-0.2, 0) is 0 Å². The monoisotopic (exact) mass is 219 g/mol. The van der Waals surface area contributed by atoms with Gasteiger partial charge >= 0.3 is 0 Å². The van der Waals surface area contributed by atoms with Gasteiger partial charge in [-0.1, -0.05) is 39.8 Å². The number of allylic oxidation sites excluding steroid dienone is 4. The van der Waals surface area contributed by atoms with Crippen LogP contribution in [0, 0.1) is 10.8 Å². The van der Waals surface area contributed by atoms with Crippen LogP contribution >= 0.6 is 0 Å². The van der Waals surface area contributed by atoms with E-state index in [1.54, 1.807) is 5.57 Å². The van der Waals surface area contributed by atoms with Crippen LogP contribution in [0.5, 0.6) is 0 Å². The van der Waals surface area contributed by atoms with Gasteiger partial charge in [-0.05, 0) is 42.1 Å². The molecule has 0 spiro atoms. The molecule has 0 aromatic rings. The van der Waals surface area contributed by atoms with E-state index >= 15 is 0 Å². The molecular weight excluding hydrogens is 194 g/mol. The Bertz CT molecular complexity index is 331. The SMILES string of the molecule is CC1(C)CC=CC2=C(C1)NCCCC2(C)C. The van der Waals surface area contributed by atoms with Crippen molar-refractivity contribution in [1.82, 2.24) is 5.32 Å². The van der Waals surface area contributed by atoms with E-state index in [0.717, 1.165) is 6.54 Å². The van der Waals surface area contributed by atoms with Crippen LogP contribution in [0.4, 0.5) is 0 Å². The lowest BCUT2D eigenvalue weighted by Crippen LogP contribution is -2.21. The molecule has 16 heavy (non-hydrogen) atoms. The quantitative estimate of drug-likeness (QED) is 0.648. The van der Waals surface area contributed by atoms with E-state index in [0.29, 0.717) is 10.8 Å². The lowest BCUT2D eigenvalue weighted by Gasteiger charge is -2.28. The largest absolute Gasteiger partial charge is 0.388 e. The number of hydrogen-bond donors (Lipinski definition) is 1. The van der Waals surface area contributed by atoms with Crippen molar-refractivity contribution in [3.05, 3.63) is 23.4 Å². The van der Waals surface area contributed by atoms with Crippen molar-refractivity contribution in [2.45, 2.75) is 53.4 Å². The molecule has 1 heterocycles. The average Bonchev–Trinajstić information content (AvgIpc) is 2.37. The van der Waals surface area contributed by atoms with Crippen molar-refractivity contribution in [3.63, 3.8) is 0 Å². The summed E-state index contributed by atoms with van der Waals surface area (Å²) < 4.78 is 0. The Balaban J connectivity index is 2.39. The van der Waals surface area contributed by atoms with Gasteiger partial charge in [0, 0.05) is 12.2 Å². The molecule has 0 saturated carbocycles. The summed E-state index contributed by atoms with van der Waals surface area (Å²) in [6.45, 7) is 10.7. The number of rotatable bonds is 0. The maximum absolute atomic E-state index is 3.66. The molecular formula is C15H25N. The van der Waals surface area contributed by atoms with Crippen LogP contribution < -0.4 is 5.32 Å². The van der Waals surface area contributed by atoms with Crippen LogP contribution in [0.3, 0.4) is 0 Å². The van der Waals surface area contributed by atoms with Crippen molar-refractivity contribution in [2.24, 2.45) is 10.8 Å². The Morgan fingerprint density at radius 3 is 2.69 bits per heavy atom. The first-order valence-corrected chi connectivity index (χ1v) is 6.55. The summed E-state index contributed by atoms with van der Waals surface area (Å²) in [7, 11) is 0. The van der Waals surface area contributed by atoms with Gasteiger partial charge in [0.25, 0.3) is 0 Å². The van der Waals surface area contributed by atoms with Crippen molar-refractivity contribution in [2.75, 3.05) is 6.54 Å². The predicted molar refractivity (Wildman–Crippen MR) is 70.2 cm³/mol. The molecule has 0 atom stereocenters. The van der Waals surface area contributed by atoms with E-state index < -0.39 is 0 Å². The Morgan fingerprint density at radius 2 is 1.94 bits per heavy atom. The second kappa shape index (κ2) is 3.94. The molecule has 0 aromatic carbocycles. The fraction of sp³-hybridized carbons (Fsp3) is 0.733. The van der Waals surface area contributed by atoms with Crippen LogP contribution in [-0.4, -0.2) is 6.54 Å². The van der Waals surface area contributed by atoms with Gasteiger partial charge in [0.2, 0.25) is 0 Å². The summed E-state index contributed by atoms with van der Waals surface area (Å²) >= 11 is 0. The topological polar surface area (TPSA) is 12.0 Å². The molecule has 1 nitrogen and oxygen atoms in total. The molecule has 0 fully saturated rings. The van der Waals surface area contributed by atoms with E-state index in [4.69, 9.17) is 0 Å². The van der Waals surface area contributed by atoms with Gasteiger partial charge in [-0.3, -0.25) is 0 Å². The molecule has 1 N–H and O–H groups in total. The third-order valence-electron chi connectivity index (χ3n) is 3.98. The maximum atomic E-state index is 3.66. The maximum Gasteiger partial charge on any atom is 0.0150 e. The average molecular weight is 219 g/mol. The zero-order valence-corrected chi connectivity index (χ0v) is 11.2. The molecule has 0 bridgehead atoms. The van der Waals surface area contributed by atoms with Gasteiger partial charge in [0.15, 0.2) is 0 Å². The van der Waals surface area contributed by atoms with Crippen LogP contribution in [0.2, 0.25) is 0 Å². The van der Waals surface area contributed by atoms with Gasteiger partial charge in [-0.2, -0.15) is 0 Å². The lowest BCUT2D eigenvalue weighted by atomic mass is 9.78. The molecule has 0 aromatic heterocycles. The van der Waals surface area contributed by atoms with Crippen molar-refractivity contribution < 1.29 is 0 Å². The fourth-order valence-electron chi connectivity index (χ4n) is 2.94. The van der Waals surface area contributed by atoms with Gasteiger partial charge in [-0.15, -0.1) is 0 Å². The molecule has 1 heteroatoms. The summed E-state index contributed by atoms with van der Waals surface area (Å²) in [5.41, 5.74) is 3.80. The van der Waals surface area contributed by atoms with Gasteiger partial charge in [0.1, 0.15) is 0 Å². The Morgan fingerprint density at radius 1 is 1.19 bits per heavy atom. The zero-order valence-electron chi connectivity index (χ0n) is 11.2. The van der Waals surface area contributed by atoms with Crippen molar-refractivity contribution >= 4 is 0 Å². The van der Waals surface area contributed by atoms with Crippen LogP contribution in [0.15, 0.2) is 23.4 Å². The molecule has 0 unspecified atom stereocenters. The van der Waals surface area contributed by atoms with Gasteiger partial charge < -0.3 is 5.32 Å². The van der Waals surface area contributed by atoms with Crippen molar-refractivity contribution in [3.8, 4) is 0 Å². The first-order valence-electron chi connectivity index (χ1n) is 6.55. The van der Waals surface area contributed by atoms with Gasteiger partial charge in [0.05, 0.1) is 0 Å². The van der Waals surface area contributed by atoms with Crippen LogP contribution in [0.1, 0.15) is 53.4 Å². The zero-order chi connectivity index (χ0) is 11.8. The van der Waals surface area contributed by atoms with Crippen LogP contribution in [0.25, 0.3) is 0 Å². The van der Waals surface area contributed by atoms with Gasteiger partial charge in [-0.25, -0.2) is 0 Å². The first-order chi connectivity index (χ1) is 7.41. The molecule has 90 valence electrons. The summed E-state index contributed by atoms with van der Waals surface area (Å²) in [6.07, 6.45) is 9.72. The summed E-state index contributed by atoms with van der Waals surface area (Å²) in [5.74, 6) is 0. The molecule has 0 saturated heterocycles. The highest BCUT2D eigenvalue weighted by Crippen LogP contribution is 2.42. The number of nitrogens with one attached hydrogen (secondary N) is 1. The molecule has 0 amide bonds. The predicted octanol–water partition coefficient (Wildman–Crippen LogP) is 4.03. The van der Waals surface area contributed by atoms with E-state index in [1.165, 1.54) is 31.4 Å². The Labute approximate surface area is 100 Å². The number of hydrogen-bond acceptors (Lipinski definition) is 1. The summed E-state index contributed by atoms with van der Waals surface area (Å²) in [5, 5.41) is 3.66. The normalized spacial score (nSPS) is 27.8. The van der Waals surface area contributed by atoms with E-state index in [9.17, 15) is 0 Å². The van der Waals surface area contributed by atoms with E-state index in [-0.39, 0.29) is 0 Å². The molecule has 0 radical (unpaired) electrons. The first kappa shape index (κ1) is 11.8. The fourth-order valence-corrected chi connectivity index (χ4v) is 2.94. The smallest absolute Gasteiger partial charge is 0.0150 e. The van der Waals surface area contributed by atoms with E-state index in [1.807, 2.05) is 0 Å². The minimum atomic E-state index is 0.343. The minimum Gasteiger partial charge on any atom is -0.388 e. The lowest BCUT2D eigenvalue weighted by molar-refractivity contribution is 0.359. The molecule has 2 aliphatic rings. The molecule has 1 aliphatic heterocycles. The van der Waals surface area contributed by atoms with E-state index in [2.05, 4.69) is 45.2 Å². The highest BCUT2D eigenvalue weighted by molar-refractivity contribution is 5.34. The molecule has 1 aliphatic carbocycles. The highest BCUT2D eigenvalue weighted by Gasteiger charge is 2.31. The molecule has 2 rings (SSSR count). The highest BCUT2D eigenvalue weighted by atomic mass is 14.9. The Kier molecular flexibility index (Phi) is 2.90. The second-order valence-electron chi connectivity index (χ2n) is 6.75. The standard InChI is InChI=1S/C15H25N/c1-14(2)8-5-7-12-13(11-14)16-10-6-9-15(12,3)4/h5,7,16H,6,8-11H2,1-4H3. The minimum absolute atomic E-state index is 0.343. The third-order valence-corrected chi connectivity index (χ3v) is 3.98. The summed E-state index contributed by atoms with van der Waals surface area (Å²) in [6, 6.07) is 0. The van der Waals surface area contributed by atoms with Crippen molar-refractivity contribution in [1.29, 1.82) is 0 Å².